The molecule has 1 N–H and O–H groups in total. The molecule has 0 radical (unpaired) electrons. The van der Waals surface area contributed by atoms with E-state index in [4.69, 9.17) is 21.2 Å². The first kappa shape index (κ1) is 35.4. The molecule has 8 nitrogen and oxygen atoms in total. The van der Waals surface area contributed by atoms with Gasteiger partial charge in [0, 0.05) is 27.0 Å². The van der Waals surface area contributed by atoms with Gasteiger partial charge < -0.3 is 21.3 Å². The molecule has 0 amide bonds. The third-order valence-corrected chi connectivity index (χ3v) is 7.03. The topological polar surface area (TPSA) is 143 Å². The molecule has 41 heavy (non-hydrogen) atoms. The third-order valence-electron chi connectivity index (χ3n) is 4.63. The number of hydrogen-bond donors (Lipinski definition) is 1. The Balaban J connectivity index is 0.000000750. The SMILES string of the molecule is O=C(O)c1ccc(-c2ccc(-c3cc(-c4ccccn4)nc(-c4ccccn4)c3)s2)s1.[N-]=C=S.[N-]=C=S.[N-]=C=S.[Ru+2]. The number of carbonyl (C=O) groups is 1. The molecular formula is C27H15N6O2RuS5-. The number of rotatable bonds is 5. The van der Waals surface area contributed by atoms with Crippen LogP contribution in [0.2, 0.25) is 0 Å². The van der Waals surface area contributed by atoms with Gasteiger partial charge in [0.15, 0.2) is 0 Å². The molecule has 0 aliphatic carbocycles. The van der Waals surface area contributed by atoms with E-state index in [-0.39, 0.29) is 19.5 Å². The first-order valence-corrected chi connectivity index (χ1v) is 13.6. The van der Waals surface area contributed by atoms with Gasteiger partial charge in [-0.15, -0.1) is 22.7 Å². The van der Waals surface area contributed by atoms with Crippen molar-refractivity contribution >= 4 is 80.8 Å². The second-order valence-corrected chi connectivity index (χ2v) is 9.68. The smallest absolute Gasteiger partial charge is 0.753 e. The summed E-state index contributed by atoms with van der Waals surface area (Å²) in [5.41, 5.74) is 4.16. The fourth-order valence-electron chi connectivity index (χ4n) is 3.17. The maximum atomic E-state index is 11.2. The van der Waals surface area contributed by atoms with E-state index in [1.165, 1.54) is 26.8 Å². The molecule has 0 saturated heterocycles. The Bertz CT molecular complexity index is 1570. The zero-order valence-corrected chi connectivity index (χ0v) is 26.3. The predicted molar refractivity (Wildman–Crippen MR) is 172 cm³/mol. The monoisotopic (exact) mass is 717 g/mol. The summed E-state index contributed by atoms with van der Waals surface area (Å²) in [6.07, 6.45) is 3.51. The maximum absolute atomic E-state index is 11.2. The van der Waals surface area contributed by atoms with Crippen LogP contribution in [0.4, 0.5) is 0 Å². The van der Waals surface area contributed by atoms with Crippen molar-refractivity contribution < 1.29 is 29.4 Å². The molecule has 0 atom stereocenters. The molecule has 0 aromatic carbocycles. The van der Waals surface area contributed by atoms with Crippen molar-refractivity contribution in [1.29, 1.82) is 0 Å². The average Bonchev–Trinajstić information content (AvgIpc) is 3.66. The zero-order chi connectivity index (χ0) is 29.3. The van der Waals surface area contributed by atoms with Crippen LogP contribution in [0.5, 0.6) is 0 Å². The van der Waals surface area contributed by atoms with E-state index in [0.29, 0.717) is 4.88 Å². The minimum absolute atomic E-state index is 0. The van der Waals surface area contributed by atoms with Crippen molar-refractivity contribution in [3.63, 3.8) is 0 Å². The molecule has 5 rings (SSSR count). The molecule has 0 aliphatic rings. The Morgan fingerprint density at radius 1 is 0.683 bits per heavy atom. The van der Waals surface area contributed by atoms with Crippen LogP contribution in [0.1, 0.15) is 9.67 Å². The van der Waals surface area contributed by atoms with Gasteiger partial charge in [-0.05, 0) is 66.2 Å². The number of hydrogen-bond acceptors (Lipinski definition) is 9. The fraction of sp³-hybridized carbons (Fsp3) is 0. The van der Waals surface area contributed by atoms with Gasteiger partial charge >= 0.3 is 25.4 Å². The molecule has 5 aromatic rings. The number of aromatic nitrogens is 3. The molecule has 0 spiro atoms. The number of carboxylic acids is 1. The fourth-order valence-corrected chi connectivity index (χ4v) is 5.10. The predicted octanol–water partition coefficient (Wildman–Crippen LogP) is 8.33. The first-order chi connectivity index (χ1) is 19.4. The van der Waals surface area contributed by atoms with Crippen LogP contribution < -0.4 is 0 Å². The van der Waals surface area contributed by atoms with E-state index in [9.17, 15) is 9.90 Å². The number of thiophene rings is 2. The minimum Gasteiger partial charge on any atom is -0.753 e. The van der Waals surface area contributed by atoms with Crippen LogP contribution in [-0.2, 0) is 19.5 Å². The summed E-state index contributed by atoms with van der Waals surface area (Å²) in [7, 11) is 0. The number of thiocarbonyl (C=S) groups is 3. The van der Waals surface area contributed by atoms with Crippen LogP contribution in [0.15, 0.2) is 85.2 Å². The Kier molecular flexibility index (Phi) is 16.8. The van der Waals surface area contributed by atoms with E-state index < -0.39 is 5.97 Å². The van der Waals surface area contributed by atoms with Gasteiger partial charge in [-0.25, -0.2) is 9.78 Å². The molecular weight excluding hydrogens is 702 g/mol. The number of nitrogens with zero attached hydrogens (tertiary/aromatic N) is 6. The van der Waals surface area contributed by atoms with Gasteiger partial charge in [-0.3, -0.25) is 9.97 Å². The second-order valence-electron chi connectivity index (χ2n) is 6.96. The molecule has 0 unspecified atom stereocenters. The van der Waals surface area contributed by atoms with Gasteiger partial charge in [0.2, 0.25) is 0 Å². The summed E-state index contributed by atoms with van der Waals surface area (Å²) in [5, 5.41) is 34.6. The van der Waals surface area contributed by atoms with Crippen LogP contribution >= 0.6 is 59.3 Å². The number of isothiocyanates is 3. The van der Waals surface area contributed by atoms with Gasteiger partial charge in [0.05, 0.1) is 22.8 Å². The Morgan fingerprint density at radius 2 is 1.12 bits per heavy atom. The van der Waals surface area contributed by atoms with E-state index in [1.807, 2.05) is 60.7 Å². The van der Waals surface area contributed by atoms with Crippen molar-refractivity contribution in [2.75, 3.05) is 0 Å². The van der Waals surface area contributed by atoms with Gasteiger partial charge in [-0.2, -0.15) is 15.5 Å². The van der Waals surface area contributed by atoms with Gasteiger partial charge in [0.1, 0.15) is 4.88 Å². The van der Waals surface area contributed by atoms with Gasteiger partial charge in [0.25, 0.3) is 0 Å². The van der Waals surface area contributed by atoms with Crippen LogP contribution in [-0.4, -0.2) is 41.5 Å². The van der Waals surface area contributed by atoms with Crippen molar-refractivity contribution in [3.05, 3.63) is 106 Å². The third kappa shape index (κ3) is 11.0. The molecule has 14 heteroatoms. The standard InChI is InChI=1S/C24H15N3O2S2.3CNS.Ru/c28-24(29)23-10-9-22(31-23)21-8-7-20(30-21)15-13-18(16-5-1-3-11-25-16)27-19(14-15)17-6-2-4-12-26-17;3*2-1-3;/h1-14H,(H,28,29);;;;/q;3*-1;+2. The van der Waals surface area contributed by atoms with Crippen molar-refractivity contribution in [2.24, 2.45) is 0 Å². The maximum Gasteiger partial charge on any atom is 2.00 e. The molecule has 0 bridgehead atoms. The van der Waals surface area contributed by atoms with E-state index in [0.717, 1.165) is 43.0 Å². The Labute approximate surface area is 272 Å². The van der Waals surface area contributed by atoms with Crippen LogP contribution in [0, 0.1) is 0 Å². The van der Waals surface area contributed by atoms with Crippen molar-refractivity contribution in [2.45, 2.75) is 0 Å². The summed E-state index contributed by atoms with van der Waals surface area (Å²) in [5.74, 6) is -0.901. The molecule has 5 heterocycles. The van der Waals surface area contributed by atoms with E-state index in [2.05, 4.69) is 52.7 Å². The largest absolute Gasteiger partial charge is 2.00 e. The summed E-state index contributed by atoms with van der Waals surface area (Å²) in [4.78, 5) is 28.3. The second kappa shape index (κ2) is 19.4. The molecule has 0 aliphatic heterocycles. The minimum atomic E-state index is -0.901. The van der Waals surface area contributed by atoms with E-state index >= 15 is 0 Å². The Morgan fingerprint density at radius 3 is 1.54 bits per heavy atom. The van der Waals surface area contributed by atoms with Crippen LogP contribution in [0.3, 0.4) is 0 Å². The molecule has 0 saturated carbocycles. The van der Waals surface area contributed by atoms with E-state index in [1.54, 1.807) is 29.8 Å². The molecule has 5 aromatic heterocycles. The van der Waals surface area contributed by atoms with Crippen molar-refractivity contribution in [3.8, 4) is 43.0 Å². The Hall–Kier alpha value is -3.66. The average molecular weight is 717 g/mol. The number of carboxylic acid groups (broad SMARTS) is 1. The summed E-state index contributed by atoms with van der Waals surface area (Å²) >= 11 is 14.0. The van der Waals surface area contributed by atoms with Crippen molar-refractivity contribution in [1.82, 2.24) is 15.0 Å². The zero-order valence-electron chi connectivity index (χ0n) is 20.5. The summed E-state index contributed by atoms with van der Waals surface area (Å²) in [6.45, 7) is 0. The quantitative estimate of drug-likeness (QED) is 0.109. The number of pyridine rings is 3. The first-order valence-electron chi connectivity index (χ1n) is 10.7. The molecule has 0 fully saturated rings. The molecule has 204 valence electrons. The number of aromatic carboxylic acids is 1. The summed E-state index contributed by atoms with van der Waals surface area (Å²) < 4.78 is 0. The van der Waals surface area contributed by atoms with Gasteiger partial charge in [-0.1, -0.05) is 48.8 Å². The normalized spacial score (nSPS) is 8.78. The van der Waals surface area contributed by atoms with Crippen LogP contribution in [0.25, 0.3) is 59.2 Å². The summed E-state index contributed by atoms with van der Waals surface area (Å²) in [6, 6.07) is 23.2.